The van der Waals surface area contributed by atoms with Crippen molar-refractivity contribution in [1.29, 1.82) is 0 Å². The number of amides is 3. The Morgan fingerprint density at radius 1 is 1.22 bits per heavy atom. The van der Waals surface area contributed by atoms with Crippen molar-refractivity contribution >= 4 is 11.9 Å². The number of urea groups is 1. The van der Waals surface area contributed by atoms with E-state index in [9.17, 15) is 9.59 Å². The first-order valence-corrected chi connectivity index (χ1v) is 8.19. The Hall–Kier alpha value is -2.24. The standard InChI is InChI=1S/C17H25N3O3/c1-2-10-18-17(22)20-11-8-14(9-12-20)19-16(21)13-23-15-6-4-3-5-7-15/h3-7,14H,2,8-13H2,1H3,(H,18,22)(H,19,21). The van der Waals surface area contributed by atoms with Crippen LogP contribution in [0.5, 0.6) is 5.75 Å². The lowest BCUT2D eigenvalue weighted by Gasteiger charge is -2.32. The number of nitrogens with one attached hydrogen (secondary N) is 2. The SMILES string of the molecule is CCCNC(=O)N1CCC(NC(=O)COc2ccccc2)CC1. The van der Waals surface area contributed by atoms with Crippen LogP contribution in [0.2, 0.25) is 0 Å². The summed E-state index contributed by atoms with van der Waals surface area (Å²) in [5.41, 5.74) is 0. The van der Waals surface area contributed by atoms with Crippen molar-refractivity contribution in [2.24, 2.45) is 0 Å². The van der Waals surface area contributed by atoms with Crippen LogP contribution in [-0.4, -0.2) is 49.1 Å². The molecule has 0 radical (unpaired) electrons. The van der Waals surface area contributed by atoms with E-state index in [1.54, 1.807) is 4.90 Å². The molecule has 1 aromatic rings. The van der Waals surface area contributed by atoms with Gasteiger partial charge in [0.2, 0.25) is 0 Å². The number of carbonyl (C=O) groups is 2. The van der Waals surface area contributed by atoms with Gasteiger partial charge in [0, 0.05) is 25.7 Å². The summed E-state index contributed by atoms with van der Waals surface area (Å²) in [5, 5.41) is 5.85. The third kappa shape index (κ3) is 5.81. The van der Waals surface area contributed by atoms with Crippen LogP contribution in [0.3, 0.4) is 0 Å². The van der Waals surface area contributed by atoms with Gasteiger partial charge in [0.1, 0.15) is 5.75 Å². The highest BCUT2D eigenvalue weighted by Crippen LogP contribution is 2.11. The van der Waals surface area contributed by atoms with Crippen LogP contribution >= 0.6 is 0 Å². The number of hydrogen-bond donors (Lipinski definition) is 2. The molecule has 1 aliphatic heterocycles. The molecule has 0 aliphatic carbocycles. The average molecular weight is 319 g/mol. The van der Waals surface area contributed by atoms with Gasteiger partial charge in [-0.1, -0.05) is 25.1 Å². The van der Waals surface area contributed by atoms with E-state index in [1.165, 1.54) is 0 Å². The number of rotatable bonds is 6. The first-order chi connectivity index (χ1) is 11.2. The monoisotopic (exact) mass is 319 g/mol. The maximum Gasteiger partial charge on any atom is 0.317 e. The Kier molecular flexibility index (Phi) is 6.72. The highest BCUT2D eigenvalue weighted by Gasteiger charge is 2.23. The summed E-state index contributed by atoms with van der Waals surface area (Å²) in [5.74, 6) is 0.563. The number of likely N-dealkylation sites (tertiary alicyclic amines) is 1. The summed E-state index contributed by atoms with van der Waals surface area (Å²) < 4.78 is 5.43. The molecule has 23 heavy (non-hydrogen) atoms. The van der Waals surface area contributed by atoms with Crippen LogP contribution in [0.4, 0.5) is 4.79 Å². The number of benzene rings is 1. The summed E-state index contributed by atoms with van der Waals surface area (Å²) in [6, 6.07) is 9.37. The van der Waals surface area contributed by atoms with E-state index in [1.807, 2.05) is 37.3 Å². The Bertz CT molecular complexity index is 499. The number of para-hydroxylation sites is 1. The van der Waals surface area contributed by atoms with Crippen LogP contribution < -0.4 is 15.4 Å². The van der Waals surface area contributed by atoms with E-state index in [0.29, 0.717) is 25.4 Å². The molecular weight excluding hydrogens is 294 g/mol. The Balaban J connectivity index is 1.65. The molecule has 0 unspecified atom stereocenters. The Labute approximate surface area is 137 Å². The van der Waals surface area contributed by atoms with Crippen molar-refractivity contribution in [3.63, 3.8) is 0 Å². The van der Waals surface area contributed by atoms with Gasteiger partial charge in [-0.2, -0.15) is 0 Å². The van der Waals surface area contributed by atoms with E-state index < -0.39 is 0 Å². The molecule has 1 heterocycles. The maximum atomic E-state index is 11.9. The van der Waals surface area contributed by atoms with Crippen molar-refractivity contribution in [2.45, 2.75) is 32.2 Å². The van der Waals surface area contributed by atoms with Gasteiger partial charge in [-0.15, -0.1) is 0 Å². The van der Waals surface area contributed by atoms with Gasteiger partial charge >= 0.3 is 6.03 Å². The third-order valence-corrected chi connectivity index (χ3v) is 3.79. The van der Waals surface area contributed by atoms with Crippen molar-refractivity contribution < 1.29 is 14.3 Å². The molecule has 1 aromatic carbocycles. The Morgan fingerprint density at radius 3 is 2.57 bits per heavy atom. The summed E-state index contributed by atoms with van der Waals surface area (Å²) in [4.78, 5) is 25.6. The first kappa shape index (κ1) is 17.1. The quantitative estimate of drug-likeness (QED) is 0.839. The zero-order valence-electron chi connectivity index (χ0n) is 13.6. The van der Waals surface area contributed by atoms with Gasteiger partial charge in [0.05, 0.1) is 0 Å². The fourth-order valence-corrected chi connectivity index (χ4v) is 2.51. The van der Waals surface area contributed by atoms with E-state index >= 15 is 0 Å². The molecule has 0 bridgehead atoms. The van der Waals surface area contributed by atoms with E-state index in [-0.39, 0.29) is 24.6 Å². The number of hydrogen-bond acceptors (Lipinski definition) is 3. The predicted molar refractivity (Wildman–Crippen MR) is 88.4 cm³/mol. The molecule has 0 saturated carbocycles. The van der Waals surface area contributed by atoms with Gasteiger partial charge < -0.3 is 20.3 Å². The van der Waals surface area contributed by atoms with E-state index in [0.717, 1.165) is 19.3 Å². The van der Waals surface area contributed by atoms with Gasteiger partial charge in [-0.25, -0.2) is 4.79 Å². The summed E-state index contributed by atoms with van der Waals surface area (Å²) in [7, 11) is 0. The lowest BCUT2D eigenvalue weighted by Crippen LogP contribution is -2.50. The lowest BCUT2D eigenvalue weighted by molar-refractivity contribution is -0.124. The molecule has 2 N–H and O–H groups in total. The zero-order valence-corrected chi connectivity index (χ0v) is 13.6. The van der Waals surface area contributed by atoms with Crippen LogP contribution in [0.15, 0.2) is 30.3 Å². The molecule has 1 fully saturated rings. The average Bonchev–Trinajstić information content (AvgIpc) is 2.59. The second-order valence-electron chi connectivity index (χ2n) is 5.66. The van der Waals surface area contributed by atoms with Crippen LogP contribution in [-0.2, 0) is 4.79 Å². The molecule has 6 heteroatoms. The number of piperidine rings is 1. The molecule has 0 spiro atoms. The van der Waals surface area contributed by atoms with Crippen molar-refractivity contribution in [2.75, 3.05) is 26.2 Å². The molecule has 1 saturated heterocycles. The van der Waals surface area contributed by atoms with Crippen molar-refractivity contribution in [1.82, 2.24) is 15.5 Å². The minimum absolute atomic E-state index is 0.0102. The lowest BCUT2D eigenvalue weighted by atomic mass is 10.1. The van der Waals surface area contributed by atoms with Crippen LogP contribution in [0.25, 0.3) is 0 Å². The molecular formula is C17H25N3O3. The van der Waals surface area contributed by atoms with Gasteiger partial charge in [0.15, 0.2) is 6.61 Å². The molecule has 126 valence electrons. The maximum absolute atomic E-state index is 11.9. The molecule has 0 aromatic heterocycles. The smallest absolute Gasteiger partial charge is 0.317 e. The predicted octanol–water partition coefficient (Wildman–Crippen LogP) is 1.77. The summed E-state index contributed by atoms with van der Waals surface area (Å²) >= 11 is 0. The zero-order chi connectivity index (χ0) is 16.5. The molecule has 6 nitrogen and oxygen atoms in total. The topological polar surface area (TPSA) is 70.7 Å². The van der Waals surface area contributed by atoms with Crippen molar-refractivity contribution in [3.8, 4) is 5.75 Å². The second-order valence-corrected chi connectivity index (χ2v) is 5.66. The summed E-state index contributed by atoms with van der Waals surface area (Å²) in [6.45, 7) is 4.08. The molecule has 3 amide bonds. The van der Waals surface area contributed by atoms with E-state index in [2.05, 4.69) is 10.6 Å². The van der Waals surface area contributed by atoms with Crippen LogP contribution in [0, 0.1) is 0 Å². The largest absolute Gasteiger partial charge is 0.484 e. The van der Waals surface area contributed by atoms with Crippen molar-refractivity contribution in [3.05, 3.63) is 30.3 Å². The third-order valence-electron chi connectivity index (χ3n) is 3.79. The Morgan fingerprint density at radius 2 is 1.91 bits per heavy atom. The first-order valence-electron chi connectivity index (χ1n) is 8.19. The fraction of sp³-hybridized carbons (Fsp3) is 0.529. The molecule has 0 atom stereocenters. The second kappa shape index (κ2) is 9.02. The fourth-order valence-electron chi connectivity index (χ4n) is 2.51. The highest BCUT2D eigenvalue weighted by molar-refractivity contribution is 5.78. The molecule has 2 rings (SSSR count). The number of ether oxygens (including phenoxy) is 1. The molecule has 1 aliphatic rings. The summed E-state index contributed by atoms with van der Waals surface area (Å²) in [6.07, 6.45) is 2.48. The minimum atomic E-state index is -0.122. The van der Waals surface area contributed by atoms with E-state index in [4.69, 9.17) is 4.74 Å². The number of carbonyl (C=O) groups excluding carboxylic acids is 2. The highest BCUT2D eigenvalue weighted by atomic mass is 16.5. The van der Waals surface area contributed by atoms with Gasteiger partial charge in [0.25, 0.3) is 5.91 Å². The van der Waals surface area contributed by atoms with Crippen LogP contribution in [0.1, 0.15) is 26.2 Å². The minimum Gasteiger partial charge on any atom is -0.484 e. The van der Waals surface area contributed by atoms with Gasteiger partial charge in [-0.05, 0) is 31.4 Å². The van der Waals surface area contributed by atoms with Gasteiger partial charge in [-0.3, -0.25) is 4.79 Å². The number of nitrogens with zero attached hydrogens (tertiary/aromatic N) is 1. The normalized spacial score (nSPS) is 15.1.